The average molecular weight is 225 g/mol. The summed E-state index contributed by atoms with van der Waals surface area (Å²) in [7, 11) is 1.74. The summed E-state index contributed by atoms with van der Waals surface area (Å²) in [5, 5.41) is 3.36. The second-order valence-corrected chi connectivity index (χ2v) is 4.54. The van der Waals surface area contributed by atoms with Crippen LogP contribution < -0.4 is 5.32 Å². The van der Waals surface area contributed by atoms with Crippen LogP contribution in [-0.2, 0) is 4.74 Å². The molecule has 0 amide bonds. The fourth-order valence-corrected chi connectivity index (χ4v) is 1.64. The molecule has 1 heterocycles. The summed E-state index contributed by atoms with van der Waals surface area (Å²) >= 11 is 0. The van der Waals surface area contributed by atoms with Gasteiger partial charge in [0.05, 0.1) is 5.69 Å². The molecule has 4 heteroatoms. The van der Waals surface area contributed by atoms with Crippen molar-refractivity contribution in [1.29, 1.82) is 0 Å². The Morgan fingerprint density at radius 3 is 2.69 bits per heavy atom. The number of hydrogen-bond donors (Lipinski definition) is 1. The zero-order valence-electron chi connectivity index (χ0n) is 10.9. The molecule has 1 aromatic heterocycles. The molecule has 92 valence electrons. The predicted octanol–water partition coefficient (Wildman–Crippen LogP) is 2.61. The summed E-state index contributed by atoms with van der Waals surface area (Å²) in [6.45, 7) is 9.22. The van der Waals surface area contributed by atoms with Crippen LogP contribution in [0.1, 0.15) is 38.9 Å². The normalized spacial score (nSPS) is 13.1. The van der Waals surface area contributed by atoms with Gasteiger partial charge in [-0.25, -0.2) is 4.98 Å². The Morgan fingerprint density at radius 2 is 2.12 bits per heavy atom. The Hall–Kier alpha value is -1.03. The number of hydrogen-bond acceptors (Lipinski definition) is 3. The maximum Gasteiger partial charge on any atom is 0.203 e. The highest BCUT2D eigenvalue weighted by Gasteiger charge is 2.12. The van der Waals surface area contributed by atoms with E-state index < -0.39 is 0 Å². The molecular weight excluding hydrogens is 202 g/mol. The van der Waals surface area contributed by atoms with Crippen LogP contribution in [0.4, 0.5) is 5.95 Å². The number of imidazole rings is 1. The van der Waals surface area contributed by atoms with E-state index in [9.17, 15) is 0 Å². The van der Waals surface area contributed by atoms with Crippen molar-refractivity contribution in [2.45, 2.75) is 46.2 Å². The lowest BCUT2D eigenvalue weighted by Gasteiger charge is -2.17. The van der Waals surface area contributed by atoms with Crippen molar-refractivity contribution in [1.82, 2.24) is 9.55 Å². The van der Waals surface area contributed by atoms with E-state index in [1.807, 2.05) is 6.92 Å². The van der Waals surface area contributed by atoms with Crippen molar-refractivity contribution in [2.75, 3.05) is 19.0 Å². The molecule has 1 atom stereocenters. The maximum absolute atomic E-state index is 5.11. The zero-order valence-corrected chi connectivity index (χ0v) is 10.9. The van der Waals surface area contributed by atoms with Gasteiger partial charge in [-0.05, 0) is 34.1 Å². The van der Waals surface area contributed by atoms with E-state index in [0.29, 0.717) is 12.1 Å². The first-order chi connectivity index (χ1) is 7.54. The number of nitrogens with zero attached hydrogens (tertiary/aromatic N) is 2. The number of rotatable bonds is 6. The molecule has 0 radical (unpaired) electrons. The van der Waals surface area contributed by atoms with Crippen LogP contribution in [0.5, 0.6) is 0 Å². The van der Waals surface area contributed by atoms with Crippen LogP contribution in [0.15, 0.2) is 6.20 Å². The van der Waals surface area contributed by atoms with Gasteiger partial charge in [-0.15, -0.1) is 0 Å². The van der Waals surface area contributed by atoms with E-state index in [2.05, 4.69) is 41.8 Å². The molecular formula is C12H23N3O. The molecule has 1 rings (SSSR count). The highest BCUT2D eigenvalue weighted by molar-refractivity contribution is 5.30. The average Bonchev–Trinajstić information content (AvgIpc) is 2.55. The fraction of sp³-hybridized carbons (Fsp3) is 0.750. The summed E-state index contributed by atoms with van der Waals surface area (Å²) in [4.78, 5) is 4.49. The molecule has 1 aromatic rings. The number of methoxy groups -OCH3 is 1. The monoisotopic (exact) mass is 225 g/mol. The van der Waals surface area contributed by atoms with Crippen molar-refractivity contribution in [2.24, 2.45) is 0 Å². The van der Waals surface area contributed by atoms with Gasteiger partial charge in [0.2, 0.25) is 5.95 Å². The molecule has 0 saturated heterocycles. The number of anilines is 1. The molecule has 0 aromatic carbocycles. The minimum atomic E-state index is 0.398. The van der Waals surface area contributed by atoms with Gasteiger partial charge < -0.3 is 14.6 Å². The fourth-order valence-electron chi connectivity index (χ4n) is 1.64. The molecule has 0 aliphatic heterocycles. The van der Waals surface area contributed by atoms with E-state index in [-0.39, 0.29) is 0 Å². The van der Waals surface area contributed by atoms with Crippen LogP contribution >= 0.6 is 0 Å². The lowest BCUT2D eigenvalue weighted by Crippen LogP contribution is -2.17. The molecule has 1 N–H and O–H groups in total. The maximum atomic E-state index is 5.11. The van der Waals surface area contributed by atoms with Crippen LogP contribution in [0, 0.1) is 6.92 Å². The molecule has 1 unspecified atom stereocenters. The second-order valence-electron chi connectivity index (χ2n) is 4.54. The van der Waals surface area contributed by atoms with E-state index in [0.717, 1.165) is 24.7 Å². The van der Waals surface area contributed by atoms with Gasteiger partial charge in [-0.2, -0.15) is 0 Å². The van der Waals surface area contributed by atoms with Crippen LogP contribution in [0.2, 0.25) is 0 Å². The van der Waals surface area contributed by atoms with Gasteiger partial charge >= 0.3 is 0 Å². The largest absolute Gasteiger partial charge is 0.385 e. The van der Waals surface area contributed by atoms with Crippen LogP contribution in [0.3, 0.4) is 0 Å². The number of aromatic nitrogens is 2. The highest BCUT2D eigenvalue weighted by atomic mass is 16.5. The summed E-state index contributed by atoms with van der Waals surface area (Å²) in [6, 6.07) is 0.803. The predicted molar refractivity (Wildman–Crippen MR) is 66.9 cm³/mol. The van der Waals surface area contributed by atoms with Gasteiger partial charge in [0.15, 0.2) is 0 Å². The van der Waals surface area contributed by atoms with E-state index >= 15 is 0 Å². The summed E-state index contributed by atoms with van der Waals surface area (Å²) in [6.07, 6.45) is 3.09. The van der Waals surface area contributed by atoms with Gasteiger partial charge in [0.1, 0.15) is 0 Å². The van der Waals surface area contributed by atoms with Crippen molar-refractivity contribution in [3.8, 4) is 0 Å². The van der Waals surface area contributed by atoms with E-state index in [4.69, 9.17) is 4.74 Å². The Kier molecular flexibility index (Phi) is 4.80. The molecule has 0 fully saturated rings. The summed E-state index contributed by atoms with van der Waals surface area (Å²) in [5.41, 5.74) is 1.05. The third kappa shape index (κ3) is 3.52. The van der Waals surface area contributed by atoms with E-state index in [1.165, 1.54) is 0 Å². The molecule has 0 saturated carbocycles. The van der Waals surface area contributed by atoms with Gasteiger partial charge in [-0.3, -0.25) is 0 Å². The number of ether oxygens (including phenoxy) is 1. The topological polar surface area (TPSA) is 39.1 Å². The smallest absolute Gasteiger partial charge is 0.203 e. The highest BCUT2D eigenvalue weighted by Crippen LogP contribution is 2.19. The van der Waals surface area contributed by atoms with Gasteiger partial charge in [0, 0.05) is 32.0 Å². The SMILES string of the molecule is COCCC(C)n1cc(C)nc1NC(C)C. The number of aryl methyl sites for hydroxylation is 1. The lowest BCUT2D eigenvalue weighted by atomic mass is 10.2. The zero-order chi connectivity index (χ0) is 12.1. The number of nitrogens with one attached hydrogen (secondary N) is 1. The van der Waals surface area contributed by atoms with Crippen LogP contribution in [0.25, 0.3) is 0 Å². The van der Waals surface area contributed by atoms with Crippen molar-refractivity contribution >= 4 is 5.95 Å². The standard InChI is InChI=1S/C12H23N3O/c1-9(2)13-12-14-10(3)8-15(12)11(4)6-7-16-5/h8-9,11H,6-7H2,1-5H3,(H,13,14). The van der Waals surface area contributed by atoms with Crippen LogP contribution in [-0.4, -0.2) is 29.3 Å². The van der Waals surface area contributed by atoms with E-state index in [1.54, 1.807) is 7.11 Å². The second kappa shape index (κ2) is 5.89. The molecule has 4 nitrogen and oxygen atoms in total. The Bertz CT molecular complexity index is 320. The quantitative estimate of drug-likeness (QED) is 0.809. The van der Waals surface area contributed by atoms with Crippen molar-refractivity contribution in [3.63, 3.8) is 0 Å². The minimum absolute atomic E-state index is 0.398. The first-order valence-electron chi connectivity index (χ1n) is 5.85. The van der Waals surface area contributed by atoms with Crippen molar-refractivity contribution < 1.29 is 4.74 Å². The first kappa shape index (κ1) is 13.0. The molecule has 0 bridgehead atoms. The lowest BCUT2D eigenvalue weighted by molar-refractivity contribution is 0.181. The third-order valence-corrected chi connectivity index (χ3v) is 2.49. The third-order valence-electron chi connectivity index (χ3n) is 2.49. The Balaban J connectivity index is 2.76. The first-order valence-corrected chi connectivity index (χ1v) is 5.85. The molecule has 16 heavy (non-hydrogen) atoms. The van der Waals surface area contributed by atoms with Crippen molar-refractivity contribution in [3.05, 3.63) is 11.9 Å². The summed E-state index contributed by atoms with van der Waals surface area (Å²) in [5.74, 6) is 0.955. The van der Waals surface area contributed by atoms with Gasteiger partial charge in [0.25, 0.3) is 0 Å². The Morgan fingerprint density at radius 1 is 1.44 bits per heavy atom. The molecule has 0 aliphatic rings. The summed E-state index contributed by atoms with van der Waals surface area (Å²) < 4.78 is 7.30. The Labute approximate surface area is 98.0 Å². The molecule has 0 spiro atoms. The molecule has 0 aliphatic carbocycles. The van der Waals surface area contributed by atoms with Gasteiger partial charge in [-0.1, -0.05) is 0 Å². The minimum Gasteiger partial charge on any atom is -0.385 e.